The van der Waals surface area contributed by atoms with Crippen LogP contribution >= 0.6 is 7.82 Å². The molecular formula is C48H81NO9P+. The molecule has 0 aromatic carbocycles. The van der Waals surface area contributed by atoms with Crippen molar-refractivity contribution in [1.82, 2.24) is 0 Å². The summed E-state index contributed by atoms with van der Waals surface area (Å²) in [4.78, 5) is 47.1. The molecule has 0 saturated heterocycles. The highest BCUT2D eigenvalue weighted by Gasteiger charge is 2.27. The molecule has 0 aromatic heterocycles. The average Bonchev–Trinajstić information content (AvgIpc) is 3.18. The van der Waals surface area contributed by atoms with Crippen LogP contribution in [0.3, 0.4) is 0 Å². The number of ether oxygens (including phenoxy) is 2. The Morgan fingerprint density at radius 2 is 1.10 bits per heavy atom. The molecular weight excluding hydrogens is 766 g/mol. The van der Waals surface area contributed by atoms with E-state index in [1.165, 1.54) is 25.7 Å². The molecule has 0 aliphatic rings. The van der Waals surface area contributed by atoms with Crippen LogP contribution in [0.1, 0.15) is 149 Å². The molecule has 0 amide bonds. The maximum Gasteiger partial charge on any atom is 0.472 e. The van der Waals surface area contributed by atoms with Gasteiger partial charge in [0, 0.05) is 19.3 Å². The van der Waals surface area contributed by atoms with E-state index in [9.17, 15) is 23.8 Å². The van der Waals surface area contributed by atoms with Gasteiger partial charge in [0.15, 0.2) is 11.9 Å². The number of hydrogen-bond donors (Lipinski definition) is 1. The zero-order valence-corrected chi connectivity index (χ0v) is 38.3. The lowest BCUT2D eigenvalue weighted by Crippen LogP contribution is -2.37. The zero-order chi connectivity index (χ0) is 43.7. The molecule has 1 N–H and O–H groups in total. The SMILES string of the molecule is CCCCC/C=C\C/C=C\C/C=C\C/C=C\C/C=C\CCC(=O)O[C@H](COC(=O)CCCCCCC/C=C\C=C\C(=O)CCCCC)COP(=O)(O)OCC[N+](C)(C)C. The van der Waals surface area contributed by atoms with Crippen molar-refractivity contribution in [2.75, 3.05) is 47.5 Å². The monoisotopic (exact) mass is 847 g/mol. The van der Waals surface area contributed by atoms with Crippen LogP contribution in [0.4, 0.5) is 0 Å². The van der Waals surface area contributed by atoms with Crippen LogP contribution in [0.25, 0.3) is 0 Å². The molecule has 0 rings (SSSR count). The largest absolute Gasteiger partial charge is 0.472 e. The molecule has 1 unspecified atom stereocenters. The Kier molecular flexibility index (Phi) is 36.9. The van der Waals surface area contributed by atoms with Gasteiger partial charge in [-0.15, -0.1) is 0 Å². The van der Waals surface area contributed by atoms with Crippen LogP contribution < -0.4 is 0 Å². The summed E-state index contributed by atoms with van der Waals surface area (Å²) < 4.78 is 34.1. The number of rotatable bonds is 39. The normalized spacial score (nSPS) is 14.3. The molecule has 0 bridgehead atoms. The van der Waals surface area contributed by atoms with Gasteiger partial charge in [-0.05, 0) is 76.7 Å². The Morgan fingerprint density at radius 1 is 0.576 bits per heavy atom. The lowest BCUT2D eigenvalue weighted by molar-refractivity contribution is -0.870. The van der Waals surface area contributed by atoms with Gasteiger partial charge in [0.25, 0.3) is 0 Å². The highest BCUT2D eigenvalue weighted by atomic mass is 31.2. The second kappa shape index (κ2) is 39.0. The molecule has 0 fully saturated rings. The smallest absolute Gasteiger partial charge is 0.462 e. The predicted molar refractivity (Wildman–Crippen MR) is 243 cm³/mol. The Hall–Kier alpha value is -3.14. The Morgan fingerprint density at radius 3 is 1.73 bits per heavy atom. The number of phosphoric acid groups is 1. The van der Waals surface area contributed by atoms with Crippen LogP contribution in [0.2, 0.25) is 0 Å². The molecule has 0 saturated carbocycles. The number of allylic oxidation sites excluding steroid dienone is 14. The van der Waals surface area contributed by atoms with E-state index in [2.05, 4.69) is 68.5 Å². The van der Waals surface area contributed by atoms with Gasteiger partial charge in [0.05, 0.1) is 27.7 Å². The van der Waals surface area contributed by atoms with Crippen LogP contribution in [0, 0.1) is 0 Å². The number of carbonyl (C=O) groups excluding carboxylic acids is 3. The molecule has 0 aliphatic carbocycles. The van der Waals surface area contributed by atoms with Crippen LogP contribution in [0.5, 0.6) is 0 Å². The first-order valence-electron chi connectivity index (χ1n) is 22.3. The number of phosphoric ester groups is 1. The standard InChI is InChI=1S/C48H80NO9P/c1-6-8-10-11-12-13-14-15-16-17-18-19-20-21-22-25-29-32-36-40-48(52)58-46(44-57-59(53,54)56-42-41-49(3,4)5)43-55-47(51)39-35-31-28-26-23-24-27-30-34-38-45(50)37-33-9-7-2/h12-13,15-16,18-19,21-22,27,29-30,32,34,38,46H,6-11,14,17,20,23-26,28,31,33,35-37,39-44H2,1-5H3/p+1/b13-12-,16-15-,19-18-,22-21-,30-27-,32-29-,38-34+/t46-/m1/s1. The molecule has 59 heavy (non-hydrogen) atoms. The van der Waals surface area contributed by atoms with E-state index in [1.54, 1.807) is 6.08 Å². The summed E-state index contributed by atoms with van der Waals surface area (Å²) in [5, 5.41) is 0. The summed E-state index contributed by atoms with van der Waals surface area (Å²) in [6.07, 6.45) is 46.3. The maximum absolute atomic E-state index is 12.7. The van der Waals surface area contributed by atoms with Crippen molar-refractivity contribution < 1.29 is 46.8 Å². The first kappa shape index (κ1) is 55.9. The summed E-state index contributed by atoms with van der Waals surface area (Å²) in [7, 11) is 1.37. The Labute approximate surface area is 358 Å². The first-order valence-corrected chi connectivity index (χ1v) is 23.8. The lowest BCUT2D eigenvalue weighted by Gasteiger charge is -2.24. The number of ketones is 1. The average molecular weight is 847 g/mol. The number of carbonyl (C=O) groups is 3. The Bertz CT molecular complexity index is 1340. The molecule has 0 aromatic rings. The van der Waals surface area contributed by atoms with Crippen LogP contribution in [-0.2, 0) is 37.5 Å². The van der Waals surface area contributed by atoms with Gasteiger partial charge in [-0.3, -0.25) is 23.4 Å². The van der Waals surface area contributed by atoms with E-state index in [0.717, 1.165) is 77.0 Å². The molecule has 11 heteroatoms. The summed E-state index contributed by atoms with van der Waals surface area (Å²) in [5.41, 5.74) is 0. The van der Waals surface area contributed by atoms with E-state index in [-0.39, 0.29) is 31.8 Å². The predicted octanol–water partition coefficient (Wildman–Crippen LogP) is 12.0. The van der Waals surface area contributed by atoms with E-state index in [0.29, 0.717) is 30.3 Å². The fourth-order valence-corrected chi connectivity index (χ4v) is 6.07. The van der Waals surface area contributed by atoms with Crippen LogP contribution in [0.15, 0.2) is 85.1 Å². The summed E-state index contributed by atoms with van der Waals surface area (Å²) in [5.74, 6) is -0.791. The van der Waals surface area contributed by atoms with Crippen molar-refractivity contribution >= 4 is 25.5 Å². The fourth-order valence-electron chi connectivity index (χ4n) is 5.33. The molecule has 0 radical (unpaired) electrons. The van der Waals surface area contributed by atoms with Gasteiger partial charge >= 0.3 is 19.8 Å². The van der Waals surface area contributed by atoms with Crippen molar-refractivity contribution in [3.05, 3.63) is 85.1 Å². The highest BCUT2D eigenvalue weighted by Crippen LogP contribution is 2.43. The number of hydrogen-bond acceptors (Lipinski definition) is 8. The minimum atomic E-state index is -4.42. The molecule has 0 heterocycles. The molecule has 336 valence electrons. The third-order valence-corrected chi connectivity index (χ3v) is 9.87. The highest BCUT2D eigenvalue weighted by molar-refractivity contribution is 7.47. The Balaban J connectivity index is 4.57. The third kappa shape index (κ3) is 42.8. The minimum Gasteiger partial charge on any atom is -0.462 e. The molecule has 2 atom stereocenters. The number of unbranched alkanes of at least 4 members (excludes halogenated alkanes) is 10. The van der Waals surface area contributed by atoms with E-state index in [1.807, 2.05) is 45.4 Å². The second-order valence-electron chi connectivity index (χ2n) is 15.8. The summed E-state index contributed by atoms with van der Waals surface area (Å²) in [6.45, 7) is 4.07. The minimum absolute atomic E-state index is 0.000421. The molecule has 10 nitrogen and oxygen atoms in total. The number of quaternary nitrogens is 1. The van der Waals surface area contributed by atoms with Crippen molar-refractivity contribution in [3.8, 4) is 0 Å². The lowest BCUT2D eigenvalue weighted by atomic mass is 10.1. The van der Waals surface area contributed by atoms with Crippen molar-refractivity contribution in [2.45, 2.75) is 155 Å². The zero-order valence-electron chi connectivity index (χ0n) is 37.4. The maximum atomic E-state index is 12.7. The fraction of sp³-hybridized carbons (Fsp3) is 0.646. The molecule has 0 aliphatic heterocycles. The van der Waals surface area contributed by atoms with E-state index < -0.39 is 32.5 Å². The summed E-state index contributed by atoms with van der Waals surface area (Å²) >= 11 is 0. The van der Waals surface area contributed by atoms with Gasteiger partial charge in [0.2, 0.25) is 0 Å². The van der Waals surface area contributed by atoms with Crippen molar-refractivity contribution in [3.63, 3.8) is 0 Å². The van der Waals surface area contributed by atoms with E-state index in [4.69, 9.17) is 18.5 Å². The second-order valence-corrected chi connectivity index (χ2v) is 17.2. The topological polar surface area (TPSA) is 125 Å². The first-order chi connectivity index (χ1) is 28.4. The quantitative estimate of drug-likeness (QED) is 0.0122. The summed E-state index contributed by atoms with van der Waals surface area (Å²) in [6, 6.07) is 0. The van der Waals surface area contributed by atoms with Gasteiger partial charge in [-0.1, -0.05) is 138 Å². The van der Waals surface area contributed by atoms with Crippen LogP contribution in [-0.4, -0.2) is 80.7 Å². The van der Waals surface area contributed by atoms with Crippen molar-refractivity contribution in [1.29, 1.82) is 0 Å². The van der Waals surface area contributed by atoms with Gasteiger partial charge in [0.1, 0.15) is 19.8 Å². The number of esters is 2. The number of likely N-dealkylation sites (N-methyl/N-ethyl adjacent to an activating group) is 1. The number of nitrogens with zero attached hydrogens (tertiary/aromatic N) is 1. The molecule has 0 spiro atoms. The van der Waals surface area contributed by atoms with Gasteiger partial charge < -0.3 is 18.9 Å². The van der Waals surface area contributed by atoms with Gasteiger partial charge in [-0.2, -0.15) is 0 Å². The van der Waals surface area contributed by atoms with Crippen molar-refractivity contribution in [2.24, 2.45) is 0 Å². The van der Waals surface area contributed by atoms with E-state index >= 15 is 0 Å². The third-order valence-electron chi connectivity index (χ3n) is 8.89. The van der Waals surface area contributed by atoms with Gasteiger partial charge in [-0.25, -0.2) is 4.57 Å².